The van der Waals surface area contributed by atoms with Gasteiger partial charge in [-0.1, -0.05) is 12.1 Å². The lowest BCUT2D eigenvalue weighted by molar-refractivity contribution is -0.147. The lowest BCUT2D eigenvalue weighted by Gasteiger charge is -2.08. The summed E-state index contributed by atoms with van der Waals surface area (Å²) < 4.78 is 15.4. The van der Waals surface area contributed by atoms with Gasteiger partial charge >= 0.3 is 5.97 Å². The maximum absolute atomic E-state index is 11.6. The number of carbonyl (C=O) groups is 1. The van der Waals surface area contributed by atoms with E-state index in [-0.39, 0.29) is 13.2 Å². The average Bonchev–Trinajstić information content (AvgIpc) is 2.58. The number of nitriles is 1. The molecule has 2 aromatic carbocycles. The largest absolute Gasteiger partial charge is 0.497 e. The SMILES string of the molecule is COc1ccc(OCC(=O)OCc2cccc(C#N)c2)cc1. The van der Waals surface area contributed by atoms with Crippen LogP contribution in [0.15, 0.2) is 48.5 Å². The van der Waals surface area contributed by atoms with Crippen molar-refractivity contribution in [3.8, 4) is 17.6 Å². The van der Waals surface area contributed by atoms with Gasteiger partial charge in [0, 0.05) is 0 Å². The molecule has 0 unspecified atom stereocenters. The molecule has 0 heterocycles. The molecule has 0 N–H and O–H groups in total. The van der Waals surface area contributed by atoms with Crippen molar-refractivity contribution in [2.75, 3.05) is 13.7 Å². The molecule has 0 aliphatic carbocycles. The highest BCUT2D eigenvalue weighted by atomic mass is 16.6. The number of esters is 1. The fourth-order valence-electron chi connectivity index (χ4n) is 1.75. The van der Waals surface area contributed by atoms with Crippen molar-refractivity contribution >= 4 is 5.97 Å². The van der Waals surface area contributed by atoms with Crippen LogP contribution in [-0.4, -0.2) is 19.7 Å². The van der Waals surface area contributed by atoms with Crippen LogP contribution in [0.4, 0.5) is 0 Å². The van der Waals surface area contributed by atoms with Crippen LogP contribution in [0.2, 0.25) is 0 Å². The van der Waals surface area contributed by atoms with Crippen LogP contribution in [0, 0.1) is 11.3 Å². The van der Waals surface area contributed by atoms with Crippen molar-refractivity contribution in [3.63, 3.8) is 0 Å². The Morgan fingerprint density at radius 1 is 1.14 bits per heavy atom. The predicted molar refractivity (Wildman–Crippen MR) is 79.4 cm³/mol. The molecule has 0 saturated carbocycles. The van der Waals surface area contributed by atoms with Gasteiger partial charge in [0.1, 0.15) is 18.1 Å². The van der Waals surface area contributed by atoms with Crippen LogP contribution >= 0.6 is 0 Å². The molecule has 0 aliphatic heterocycles. The van der Waals surface area contributed by atoms with Crippen molar-refractivity contribution in [2.24, 2.45) is 0 Å². The lowest BCUT2D eigenvalue weighted by Crippen LogP contribution is -2.14. The molecule has 0 spiro atoms. The van der Waals surface area contributed by atoms with Crippen molar-refractivity contribution < 1.29 is 19.0 Å². The number of benzene rings is 2. The van der Waals surface area contributed by atoms with Crippen LogP contribution in [0.3, 0.4) is 0 Å². The summed E-state index contributed by atoms with van der Waals surface area (Å²) in [7, 11) is 1.58. The number of hydrogen-bond acceptors (Lipinski definition) is 5. The Balaban J connectivity index is 1.79. The molecule has 0 aliphatic rings. The first kappa shape index (κ1) is 15.4. The van der Waals surface area contributed by atoms with Gasteiger partial charge in [-0.2, -0.15) is 5.26 Å². The van der Waals surface area contributed by atoms with E-state index in [0.29, 0.717) is 17.1 Å². The Bertz CT molecular complexity index is 674. The Kier molecular flexibility index (Phi) is 5.38. The highest BCUT2D eigenvalue weighted by Crippen LogP contribution is 2.17. The van der Waals surface area contributed by atoms with Gasteiger partial charge in [0.2, 0.25) is 0 Å². The fourth-order valence-corrected chi connectivity index (χ4v) is 1.75. The fraction of sp³-hybridized carbons (Fsp3) is 0.176. The minimum atomic E-state index is -0.474. The van der Waals surface area contributed by atoms with Gasteiger partial charge in [0.05, 0.1) is 18.7 Å². The van der Waals surface area contributed by atoms with E-state index in [0.717, 1.165) is 5.56 Å². The normalized spacial score (nSPS) is 9.64. The number of rotatable bonds is 6. The minimum Gasteiger partial charge on any atom is -0.497 e. The Morgan fingerprint density at radius 2 is 1.86 bits per heavy atom. The smallest absolute Gasteiger partial charge is 0.344 e. The maximum atomic E-state index is 11.6. The number of carbonyl (C=O) groups excluding carboxylic acids is 1. The van der Waals surface area contributed by atoms with Crippen LogP contribution < -0.4 is 9.47 Å². The molecule has 5 nitrogen and oxygen atoms in total. The van der Waals surface area contributed by atoms with E-state index in [1.807, 2.05) is 6.07 Å². The first-order valence-electron chi connectivity index (χ1n) is 6.63. The van der Waals surface area contributed by atoms with E-state index >= 15 is 0 Å². The Labute approximate surface area is 128 Å². The first-order valence-corrected chi connectivity index (χ1v) is 6.63. The molecule has 0 atom stereocenters. The van der Waals surface area contributed by atoms with Crippen molar-refractivity contribution in [2.45, 2.75) is 6.61 Å². The highest BCUT2D eigenvalue weighted by molar-refractivity contribution is 5.71. The van der Waals surface area contributed by atoms with Crippen LogP contribution in [0.25, 0.3) is 0 Å². The average molecular weight is 297 g/mol. The molecular formula is C17H15NO4. The topological polar surface area (TPSA) is 68.6 Å². The quantitative estimate of drug-likeness (QED) is 0.767. The summed E-state index contributed by atoms with van der Waals surface area (Å²) in [5.41, 5.74) is 1.29. The number of methoxy groups -OCH3 is 1. The first-order chi connectivity index (χ1) is 10.7. The predicted octanol–water partition coefficient (Wildman–Crippen LogP) is 2.69. The molecule has 0 amide bonds. The molecule has 2 aromatic rings. The van der Waals surface area contributed by atoms with Crippen molar-refractivity contribution in [1.29, 1.82) is 5.26 Å². The van der Waals surface area contributed by atoms with E-state index < -0.39 is 5.97 Å². The Hall–Kier alpha value is -3.00. The molecule has 5 heteroatoms. The summed E-state index contributed by atoms with van der Waals surface area (Å²) in [5.74, 6) is 0.801. The second-order valence-electron chi connectivity index (χ2n) is 4.44. The molecule has 0 bridgehead atoms. The van der Waals surface area contributed by atoms with Gasteiger partial charge < -0.3 is 14.2 Å². The van der Waals surface area contributed by atoms with Gasteiger partial charge in [-0.25, -0.2) is 4.79 Å². The van der Waals surface area contributed by atoms with Gasteiger partial charge in [-0.05, 0) is 42.0 Å². The van der Waals surface area contributed by atoms with Crippen molar-refractivity contribution in [1.82, 2.24) is 0 Å². The molecule has 0 aromatic heterocycles. The second-order valence-corrected chi connectivity index (χ2v) is 4.44. The zero-order valence-electron chi connectivity index (χ0n) is 12.1. The van der Waals surface area contributed by atoms with E-state index in [9.17, 15) is 4.79 Å². The monoisotopic (exact) mass is 297 g/mol. The summed E-state index contributed by atoms with van der Waals surface area (Å²) >= 11 is 0. The van der Waals surface area contributed by atoms with Crippen LogP contribution in [-0.2, 0) is 16.1 Å². The zero-order chi connectivity index (χ0) is 15.8. The molecule has 22 heavy (non-hydrogen) atoms. The maximum Gasteiger partial charge on any atom is 0.344 e. The van der Waals surface area contributed by atoms with E-state index in [4.69, 9.17) is 19.5 Å². The van der Waals surface area contributed by atoms with Crippen LogP contribution in [0.5, 0.6) is 11.5 Å². The zero-order valence-corrected chi connectivity index (χ0v) is 12.1. The number of nitrogens with zero attached hydrogens (tertiary/aromatic N) is 1. The van der Waals surface area contributed by atoms with Gasteiger partial charge in [-0.3, -0.25) is 0 Å². The minimum absolute atomic E-state index is 0.111. The highest BCUT2D eigenvalue weighted by Gasteiger charge is 2.05. The molecule has 2 rings (SSSR count). The summed E-state index contributed by atoms with van der Waals surface area (Å²) in [6.07, 6.45) is 0. The van der Waals surface area contributed by atoms with Crippen molar-refractivity contribution in [3.05, 3.63) is 59.7 Å². The van der Waals surface area contributed by atoms with E-state index in [2.05, 4.69) is 0 Å². The molecule has 0 radical (unpaired) electrons. The molecule has 0 saturated heterocycles. The molecule has 0 fully saturated rings. The second kappa shape index (κ2) is 7.70. The summed E-state index contributed by atoms with van der Waals surface area (Å²) in [5, 5.41) is 8.80. The van der Waals surface area contributed by atoms with Gasteiger partial charge in [0.25, 0.3) is 0 Å². The number of hydrogen-bond donors (Lipinski definition) is 0. The molecular weight excluding hydrogens is 282 g/mol. The van der Waals surface area contributed by atoms with Gasteiger partial charge in [-0.15, -0.1) is 0 Å². The summed E-state index contributed by atoms with van der Waals surface area (Å²) in [6, 6.07) is 15.9. The van der Waals surface area contributed by atoms with Gasteiger partial charge in [0.15, 0.2) is 6.61 Å². The van der Waals surface area contributed by atoms with Crippen LogP contribution in [0.1, 0.15) is 11.1 Å². The summed E-state index contributed by atoms with van der Waals surface area (Å²) in [4.78, 5) is 11.6. The standard InChI is InChI=1S/C17H15NO4/c1-20-15-5-7-16(8-6-15)21-12-17(19)22-11-14-4-2-3-13(9-14)10-18/h2-9H,11-12H2,1H3. The number of ether oxygens (including phenoxy) is 3. The van der Waals surface area contributed by atoms with E-state index in [1.54, 1.807) is 55.6 Å². The summed E-state index contributed by atoms with van der Waals surface area (Å²) in [6.45, 7) is -0.0649. The lowest BCUT2D eigenvalue weighted by atomic mass is 10.1. The third kappa shape index (κ3) is 4.53. The van der Waals surface area contributed by atoms with E-state index in [1.165, 1.54) is 0 Å². The third-order valence-corrected chi connectivity index (χ3v) is 2.87. The third-order valence-electron chi connectivity index (χ3n) is 2.87. The Morgan fingerprint density at radius 3 is 2.55 bits per heavy atom. The molecule has 112 valence electrons.